The fourth-order valence-electron chi connectivity index (χ4n) is 3.37. The fraction of sp³-hybridized carbons (Fsp3) is 0.588. The van der Waals surface area contributed by atoms with E-state index >= 15 is 0 Å². The van der Waals surface area contributed by atoms with E-state index in [2.05, 4.69) is 41.5 Å². The van der Waals surface area contributed by atoms with E-state index in [1.54, 1.807) is 0 Å². The highest BCUT2D eigenvalue weighted by molar-refractivity contribution is 5.76. The lowest BCUT2D eigenvalue weighted by molar-refractivity contribution is -0.132. The summed E-state index contributed by atoms with van der Waals surface area (Å²) in [5.74, 6) is 0.305. The van der Waals surface area contributed by atoms with Gasteiger partial charge in [0.2, 0.25) is 5.91 Å². The Bertz CT molecular complexity index is 472. The molecule has 1 aliphatic heterocycles. The molecular weight excluding hydrogens is 262 g/mol. The molecule has 1 heterocycles. The first kappa shape index (κ1) is 14.5. The Morgan fingerprint density at radius 1 is 1.24 bits per heavy atom. The molecule has 3 rings (SSSR count). The molecule has 0 aromatic heterocycles. The molecule has 0 bridgehead atoms. The first-order valence-corrected chi connectivity index (χ1v) is 7.99. The Morgan fingerprint density at radius 3 is 2.48 bits per heavy atom. The van der Waals surface area contributed by atoms with Gasteiger partial charge in [-0.05, 0) is 31.0 Å². The molecule has 21 heavy (non-hydrogen) atoms. The lowest BCUT2D eigenvalue weighted by Crippen LogP contribution is -2.47. The molecule has 0 radical (unpaired) electrons. The molecule has 0 saturated carbocycles. The lowest BCUT2D eigenvalue weighted by Gasteiger charge is -2.29. The maximum atomic E-state index is 12.2. The highest BCUT2D eigenvalue weighted by Crippen LogP contribution is 2.24. The number of amides is 1. The molecule has 0 atom stereocenters. The third-order valence-corrected chi connectivity index (χ3v) is 4.80. The topological polar surface area (TPSA) is 35.6 Å². The van der Waals surface area contributed by atoms with Gasteiger partial charge >= 0.3 is 0 Å². The van der Waals surface area contributed by atoms with Crippen LogP contribution >= 0.6 is 0 Å². The van der Waals surface area contributed by atoms with Crippen molar-refractivity contribution in [3.8, 4) is 0 Å². The van der Waals surface area contributed by atoms with Gasteiger partial charge in [-0.2, -0.15) is 0 Å². The van der Waals surface area contributed by atoms with E-state index in [1.165, 1.54) is 11.1 Å². The Labute approximate surface area is 127 Å². The number of hydrogen-bond acceptors (Lipinski definition) is 3. The Kier molecular flexibility index (Phi) is 4.56. The summed E-state index contributed by atoms with van der Waals surface area (Å²) in [7, 11) is 2.15. The molecule has 1 aliphatic carbocycles. The molecule has 1 aromatic carbocycles. The number of rotatable bonds is 4. The Hall–Kier alpha value is -1.39. The van der Waals surface area contributed by atoms with E-state index in [1.807, 2.05) is 4.90 Å². The normalized spacial score (nSPS) is 19.0. The van der Waals surface area contributed by atoms with Crippen LogP contribution in [0, 0.1) is 0 Å². The standard InChI is InChI=1S/C17H25N3O/c1-19(9-6-17(21)20-10-7-18-8-11-20)16-12-14-4-2-3-5-15(14)13-16/h2-5,16,18H,6-13H2,1H3. The number of nitrogens with one attached hydrogen (secondary N) is 1. The number of piperazine rings is 1. The van der Waals surface area contributed by atoms with Crippen LogP contribution < -0.4 is 5.32 Å². The van der Waals surface area contributed by atoms with Gasteiger partial charge in [0.1, 0.15) is 0 Å². The Morgan fingerprint density at radius 2 is 1.86 bits per heavy atom. The summed E-state index contributed by atoms with van der Waals surface area (Å²) >= 11 is 0. The van der Waals surface area contributed by atoms with E-state index in [0.717, 1.165) is 45.6 Å². The number of carbonyl (C=O) groups excluding carboxylic acids is 1. The van der Waals surface area contributed by atoms with Crippen molar-refractivity contribution in [1.29, 1.82) is 0 Å². The smallest absolute Gasteiger partial charge is 0.223 e. The average Bonchev–Trinajstić information content (AvgIpc) is 2.97. The quantitative estimate of drug-likeness (QED) is 0.894. The fourth-order valence-corrected chi connectivity index (χ4v) is 3.37. The Balaban J connectivity index is 1.47. The number of nitrogens with zero attached hydrogens (tertiary/aromatic N) is 2. The number of benzene rings is 1. The molecule has 1 aromatic rings. The lowest BCUT2D eigenvalue weighted by atomic mass is 10.1. The minimum atomic E-state index is 0.305. The molecule has 1 N–H and O–H groups in total. The molecule has 0 unspecified atom stereocenters. The number of likely N-dealkylation sites (N-methyl/N-ethyl adjacent to an activating group) is 1. The summed E-state index contributed by atoms with van der Waals surface area (Å²) in [6.45, 7) is 4.44. The zero-order chi connectivity index (χ0) is 14.7. The van der Waals surface area contributed by atoms with Crippen molar-refractivity contribution < 1.29 is 4.79 Å². The molecule has 114 valence electrons. The largest absolute Gasteiger partial charge is 0.340 e. The minimum absolute atomic E-state index is 0.305. The van der Waals surface area contributed by atoms with E-state index in [0.29, 0.717) is 18.4 Å². The van der Waals surface area contributed by atoms with Crippen molar-refractivity contribution in [2.75, 3.05) is 39.8 Å². The van der Waals surface area contributed by atoms with Gasteiger partial charge in [-0.1, -0.05) is 24.3 Å². The van der Waals surface area contributed by atoms with Crippen molar-refractivity contribution in [2.45, 2.75) is 25.3 Å². The van der Waals surface area contributed by atoms with Crippen LogP contribution in [-0.2, 0) is 17.6 Å². The highest BCUT2D eigenvalue weighted by atomic mass is 16.2. The minimum Gasteiger partial charge on any atom is -0.340 e. The first-order chi connectivity index (χ1) is 10.2. The molecule has 1 amide bonds. The third-order valence-electron chi connectivity index (χ3n) is 4.80. The third kappa shape index (κ3) is 3.44. The van der Waals surface area contributed by atoms with Crippen LogP contribution in [0.5, 0.6) is 0 Å². The summed E-state index contributed by atoms with van der Waals surface area (Å²) in [5, 5.41) is 3.29. The van der Waals surface area contributed by atoms with Crippen LogP contribution in [0.1, 0.15) is 17.5 Å². The second kappa shape index (κ2) is 6.58. The molecule has 0 spiro atoms. The number of hydrogen-bond donors (Lipinski definition) is 1. The van der Waals surface area contributed by atoms with Crippen molar-refractivity contribution in [2.24, 2.45) is 0 Å². The number of carbonyl (C=O) groups is 1. The van der Waals surface area contributed by atoms with Crippen molar-refractivity contribution >= 4 is 5.91 Å². The van der Waals surface area contributed by atoms with Gasteiger partial charge in [0.15, 0.2) is 0 Å². The predicted molar refractivity (Wildman–Crippen MR) is 84.3 cm³/mol. The van der Waals surface area contributed by atoms with E-state index < -0.39 is 0 Å². The van der Waals surface area contributed by atoms with Gasteiger partial charge in [0, 0.05) is 45.2 Å². The predicted octanol–water partition coefficient (Wildman–Crippen LogP) is 0.908. The number of fused-ring (bicyclic) bond motifs is 1. The molecule has 4 heteroatoms. The summed E-state index contributed by atoms with van der Waals surface area (Å²) in [5.41, 5.74) is 2.95. The monoisotopic (exact) mass is 287 g/mol. The summed E-state index contributed by atoms with van der Waals surface area (Å²) in [6.07, 6.45) is 2.88. The van der Waals surface area contributed by atoms with Crippen LogP contribution in [0.4, 0.5) is 0 Å². The second-order valence-corrected chi connectivity index (χ2v) is 6.19. The van der Waals surface area contributed by atoms with Crippen LogP contribution in [0.2, 0.25) is 0 Å². The van der Waals surface area contributed by atoms with Gasteiger partial charge in [0.25, 0.3) is 0 Å². The van der Waals surface area contributed by atoms with Crippen LogP contribution in [-0.4, -0.2) is 61.5 Å². The zero-order valence-electron chi connectivity index (χ0n) is 12.8. The molecule has 2 aliphatic rings. The van der Waals surface area contributed by atoms with Crippen molar-refractivity contribution in [1.82, 2.24) is 15.1 Å². The summed E-state index contributed by atoms with van der Waals surface area (Å²) < 4.78 is 0. The van der Waals surface area contributed by atoms with Gasteiger partial charge in [0.05, 0.1) is 0 Å². The second-order valence-electron chi connectivity index (χ2n) is 6.19. The molecule has 1 fully saturated rings. The molecule has 4 nitrogen and oxygen atoms in total. The van der Waals surface area contributed by atoms with Crippen LogP contribution in [0.3, 0.4) is 0 Å². The first-order valence-electron chi connectivity index (χ1n) is 7.99. The van der Waals surface area contributed by atoms with Crippen molar-refractivity contribution in [3.63, 3.8) is 0 Å². The molecular formula is C17H25N3O. The zero-order valence-corrected chi connectivity index (χ0v) is 12.8. The van der Waals surface area contributed by atoms with E-state index in [4.69, 9.17) is 0 Å². The van der Waals surface area contributed by atoms with Gasteiger partial charge in [-0.3, -0.25) is 4.79 Å². The van der Waals surface area contributed by atoms with Crippen LogP contribution in [0.25, 0.3) is 0 Å². The van der Waals surface area contributed by atoms with Gasteiger partial charge < -0.3 is 15.1 Å². The van der Waals surface area contributed by atoms with Crippen LogP contribution in [0.15, 0.2) is 24.3 Å². The van der Waals surface area contributed by atoms with Gasteiger partial charge in [-0.25, -0.2) is 0 Å². The molecule has 1 saturated heterocycles. The SMILES string of the molecule is CN(CCC(=O)N1CCNCC1)C1Cc2ccccc2C1. The summed E-state index contributed by atoms with van der Waals surface area (Å²) in [4.78, 5) is 16.6. The van der Waals surface area contributed by atoms with Gasteiger partial charge in [-0.15, -0.1) is 0 Å². The maximum Gasteiger partial charge on any atom is 0.223 e. The van der Waals surface area contributed by atoms with E-state index in [-0.39, 0.29) is 0 Å². The van der Waals surface area contributed by atoms with E-state index in [9.17, 15) is 4.79 Å². The average molecular weight is 287 g/mol. The van der Waals surface area contributed by atoms with Crippen molar-refractivity contribution in [3.05, 3.63) is 35.4 Å². The highest BCUT2D eigenvalue weighted by Gasteiger charge is 2.25. The maximum absolute atomic E-state index is 12.2. The summed E-state index contributed by atoms with van der Waals surface area (Å²) in [6, 6.07) is 9.26.